The molecule has 0 saturated carbocycles. The van der Waals surface area contributed by atoms with E-state index in [1.165, 1.54) is 36.4 Å². The molecular formula is C30H28F6O2. The zero-order valence-electron chi connectivity index (χ0n) is 21.2. The van der Waals surface area contributed by atoms with E-state index in [4.69, 9.17) is 9.47 Å². The van der Waals surface area contributed by atoms with Gasteiger partial charge in [-0.2, -0.15) is 8.78 Å². The van der Waals surface area contributed by atoms with Crippen LogP contribution in [0, 0.1) is 34.9 Å². The molecule has 202 valence electrons. The number of halogens is 6. The van der Waals surface area contributed by atoms with Gasteiger partial charge in [-0.25, -0.2) is 17.6 Å². The summed E-state index contributed by atoms with van der Waals surface area (Å²) in [6, 6.07) is 8.31. The van der Waals surface area contributed by atoms with Crippen LogP contribution in [0.4, 0.5) is 26.3 Å². The molecule has 0 amide bonds. The lowest BCUT2D eigenvalue weighted by molar-refractivity contribution is 0.277. The molecule has 4 rings (SSSR count). The van der Waals surface area contributed by atoms with Gasteiger partial charge in [0.05, 0.1) is 6.61 Å². The molecule has 2 nitrogen and oxygen atoms in total. The van der Waals surface area contributed by atoms with Gasteiger partial charge in [0, 0.05) is 11.1 Å². The van der Waals surface area contributed by atoms with Crippen molar-refractivity contribution in [3.8, 4) is 11.5 Å². The van der Waals surface area contributed by atoms with E-state index < -0.39 is 41.5 Å². The smallest absolute Gasteiger partial charge is 0.200 e. The number of rotatable bonds is 9. The maximum Gasteiger partial charge on any atom is 0.200 e. The van der Waals surface area contributed by atoms with Gasteiger partial charge in [0.15, 0.2) is 34.8 Å². The van der Waals surface area contributed by atoms with E-state index in [-0.39, 0.29) is 46.3 Å². The summed E-state index contributed by atoms with van der Waals surface area (Å²) in [6.07, 6.45) is 3.78. The highest BCUT2D eigenvalue weighted by Gasteiger charge is 2.25. The summed E-state index contributed by atoms with van der Waals surface area (Å²) in [5.74, 6) is -7.26. The summed E-state index contributed by atoms with van der Waals surface area (Å²) in [5.41, 5.74) is 0.898. The van der Waals surface area contributed by atoms with Crippen molar-refractivity contribution in [2.45, 2.75) is 58.5 Å². The van der Waals surface area contributed by atoms with Crippen molar-refractivity contribution in [1.82, 2.24) is 0 Å². The number of hydrogen-bond donors (Lipinski definition) is 0. The van der Waals surface area contributed by atoms with Crippen LogP contribution in [0.3, 0.4) is 0 Å². The minimum Gasteiger partial charge on any atom is -0.491 e. The van der Waals surface area contributed by atoms with Crippen molar-refractivity contribution >= 4 is 5.57 Å². The summed E-state index contributed by atoms with van der Waals surface area (Å²) in [6.45, 7) is 3.23. The third kappa shape index (κ3) is 5.54. The zero-order valence-corrected chi connectivity index (χ0v) is 21.2. The molecule has 1 atom stereocenters. The van der Waals surface area contributed by atoms with Crippen molar-refractivity contribution in [2.24, 2.45) is 0 Å². The van der Waals surface area contributed by atoms with Gasteiger partial charge in [0.2, 0.25) is 11.6 Å². The molecule has 0 heterocycles. The van der Waals surface area contributed by atoms with E-state index in [9.17, 15) is 26.3 Å². The molecule has 38 heavy (non-hydrogen) atoms. The highest BCUT2D eigenvalue weighted by molar-refractivity contribution is 5.67. The second kappa shape index (κ2) is 12.0. The van der Waals surface area contributed by atoms with Gasteiger partial charge in [0.1, 0.15) is 6.61 Å². The molecule has 0 radical (unpaired) electrons. The average molecular weight is 535 g/mol. The largest absolute Gasteiger partial charge is 0.491 e. The molecule has 1 aliphatic carbocycles. The van der Waals surface area contributed by atoms with E-state index in [1.807, 2.05) is 6.92 Å². The number of ether oxygens (including phenoxy) is 2. The molecule has 0 saturated heterocycles. The molecule has 3 aromatic rings. The lowest BCUT2D eigenvalue weighted by atomic mass is 9.82. The predicted octanol–water partition coefficient (Wildman–Crippen LogP) is 8.80. The summed E-state index contributed by atoms with van der Waals surface area (Å²) in [4.78, 5) is 0. The molecular weight excluding hydrogens is 506 g/mol. The van der Waals surface area contributed by atoms with Gasteiger partial charge < -0.3 is 9.47 Å². The Bertz CT molecular complexity index is 1350. The lowest BCUT2D eigenvalue weighted by Gasteiger charge is -2.24. The molecule has 0 aromatic heterocycles. The van der Waals surface area contributed by atoms with E-state index in [2.05, 4.69) is 0 Å². The Kier molecular flexibility index (Phi) is 8.69. The van der Waals surface area contributed by atoms with Gasteiger partial charge in [0.25, 0.3) is 0 Å². The Labute approximate surface area is 217 Å². The maximum absolute atomic E-state index is 15.0. The minimum absolute atomic E-state index is 0.0594. The van der Waals surface area contributed by atoms with Crippen LogP contribution in [0.5, 0.6) is 11.5 Å². The summed E-state index contributed by atoms with van der Waals surface area (Å²) >= 11 is 0. The maximum atomic E-state index is 15.0. The topological polar surface area (TPSA) is 18.5 Å². The van der Waals surface area contributed by atoms with Crippen molar-refractivity contribution in [3.63, 3.8) is 0 Å². The van der Waals surface area contributed by atoms with E-state index in [1.54, 1.807) is 13.0 Å². The second-order valence-electron chi connectivity index (χ2n) is 9.20. The van der Waals surface area contributed by atoms with Gasteiger partial charge >= 0.3 is 0 Å². The molecule has 0 N–H and O–H groups in total. The molecule has 1 unspecified atom stereocenters. The fraction of sp³-hybridized carbons (Fsp3) is 0.333. The summed E-state index contributed by atoms with van der Waals surface area (Å²) in [5, 5.41) is 0. The van der Waals surface area contributed by atoms with Crippen molar-refractivity contribution in [1.29, 1.82) is 0 Å². The number of aryl methyl sites for hydroxylation is 1. The van der Waals surface area contributed by atoms with Crippen LogP contribution in [0.15, 0.2) is 42.5 Å². The molecule has 0 spiro atoms. The first kappa shape index (κ1) is 27.6. The normalized spacial score (nSPS) is 15.4. The fourth-order valence-corrected chi connectivity index (χ4v) is 4.74. The van der Waals surface area contributed by atoms with E-state index >= 15 is 0 Å². The van der Waals surface area contributed by atoms with Crippen LogP contribution in [0.25, 0.3) is 5.57 Å². The Morgan fingerprint density at radius 2 is 1.37 bits per heavy atom. The van der Waals surface area contributed by atoms with Crippen LogP contribution in [-0.2, 0) is 13.0 Å². The summed E-state index contributed by atoms with van der Waals surface area (Å²) in [7, 11) is 0. The zero-order chi connectivity index (χ0) is 27.4. The fourth-order valence-electron chi connectivity index (χ4n) is 4.74. The van der Waals surface area contributed by atoms with E-state index in [0.29, 0.717) is 37.7 Å². The van der Waals surface area contributed by atoms with Gasteiger partial charge in [-0.1, -0.05) is 43.7 Å². The van der Waals surface area contributed by atoms with Crippen molar-refractivity contribution < 1.29 is 35.8 Å². The van der Waals surface area contributed by atoms with E-state index in [0.717, 1.165) is 0 Å². The number of benzene rings is 3. The molecule has 3 aromatic carbocycles. The monoisotopic (exact) mass is 534 g/mol. The van der Waals surface area contributed by atoms with Gasteiger partial charge in [-0.3, -0.25) is 0 Å². The average Bonchev–Trinajstić information content (AvgIpc) is 2.92. The first-order valence-electron chi connectivity index (χ1n) is 12.6. The Morgan fingerprint density at radius 1 is 0.711 bits per heavy atom. The van der Waals surface area contributed by atoms with Crippen LogP contribution in [0.2, 0.25) is 0 Å². The standard InChI is InChI=1S/C30H28F6O2/c1-3-5-19-11-14-24(29(35)25(19)31)38-16-20-10-12-21(27(33)26(20)32)17-6-8-18(9-7-17)22-13-15-23(37-4-2)30(36)28(22)34/h6,10-15,18H,3-5,7-9,16H2,1-2H3. The quantitative estimate of drug-likeness (QED) is 0.256. The Hall–Kier alpha value is -3.42. The van der Waals surface area contributed by atoms with Crippen LogP contribution in [0.1, 0.15) is 67.7 Å². The first-order valence-corrected chi connectivity index (χ1v) is 12.6. The van der Waals surface area contributed by atoms with Crippen LogP contribution < -0.4 is 9.47 Å². The predicted molar refractivity (Wildman–Crippen MR) is 133 cm³/mol. The molecule has 0 aliphatic heterocycles. The van der Waals surface area contributed by atoms with Gasteiger partial charge in [-0.15, -0.1) is 0 Å². The highest BCUT2D eigenvalue weighted by Crippen LogP contribution is 2.39. The van der Waals surface area contributed by atoms with Crippen molar-refractivity contribution in [3.05, 3.63) is 99.6 Å². The first-order chi connectivity index (χ1) is 18.3. The molecule has 8 heteroatoms. The lowest BCUT2D eigenvalue weighted by Crippen LogP contribution is -2.10. The van der Waals surface area contributed by atoms with Crippen molar-refractivity contribution in [2.75, 3.05) is 6.61 Å². The molecule has 0 bridgehead atoms. The Balaban J connectivity index is 1.47. The van der Waals surface area contributed by atoms with Crippen LogP contribution in [-0.4, -0.2) is 6.61 Å². The minimum atomic E-state index is -1.17. The highest BCUT2D eigenvalue weighted by atomic mass is 19.2. The second-order valence-corrected chi connectivity index (χ2v) is 9.20. The number of allylic oxidation sites excluding steroid dienone is 2. The third-order valence-electron chi connectivity index (χ3n) is 6.76. The Morgan fingerprint density at radius 3 is 2.05 bits per heavy atom. The van der Waals surface area contributed by atoms with Crippen LogP contribution >= 0.6 is 0 Å². The third-order valence-corrected chi connectivity index (χ3v) is 6.76. The number of hydrogen-bond acceptors (Lipinski definition) is 2. The summed E-state index contributed by atoms with van der Waals surface area (Å²) < 4.78 is 97.5. The molecule has 1 aliphatic rings. The molecule has 0 fully saturated rings. The SMILES string of the molecule is CCCc1ccc(OCc2ccc(C3=CCC(c4ccc(OCC)c(F)c4F)CC3)c(F)c2F)c(F)c1F. The van der Waals surface area contributed by atoms with Gasteiger partial charge in [-0.05, 0) is 67.4 Å².